The maximum absolute atomic E-state index is 13.0. The molecular formula is C22H16ClNO3S. The summed E-state index contributed by atoms with van der Waals surface area (Å²) in [4.78, 5) is 28.2. The molecule has 1 unspecified atom stereocenters. The van der Waals surface area contributed by atoms with Gasteiger partial charge in [0.25, 0.3) is 11.7 Å². The molecule has 1 amide bonds. The summed E-state index contributed by atoms with van der Waals surface area (Å²) in [5.41, 5.74) is 1.98. The van der Waals surface area contributed by atoms with Gasteiger partial charge in [0.05, 0.1) is 5.57 Å². The number of ketones is 1. The Morgan fingerprint density at radius 1 is 1.07 bits per heavy atom. The highest BCUT2D eigenvalue weighted by Crippen LogP contribution is 2.44. The summed E-state index contributed by atoms with van der Waals surface area (Å²) >= 11 is 7.48. The van der Waals surface area contributed by atoms with Crippen LogP contribution in [-0.4, -0.2) is 16.8 Å². The highest BCUT2D eigenvalue weighted by molar-refractivity contribution is 7.10. The first kappa shape index (κ1) is 18.5. The largest absolute Gasteiger partial charge is 0.507 e. The van der Waals surface area contributed by atoms with Gasteiger partial charge in [0.1, 0.15) is 11.8 Å². The monoisotopic (exact) mass is 409 g/mol. The predicted octanol–water partition coefficient (Wildman–Crippen LogP) is 5.34. The van der Waals surface area contributed by atoms with Gasteiger partial charge in [0, 0.05) is 21.2 Å². The Bertz CT molecular complexity index is 1100. The molecule has 1 aromatic heterocycles. The molecule has 6 heteroatoms. The minimum Gasteiger partial charge on any atom is -0.507 e. The smallest absolute Gasteiger partial charge is 0.300 e. The van der Waals surface area contributed by atoms with Crippen molar-refractivity contribution in [2.45, 2.75) is 13.0 Å². The summed E-state index contributed by atoms with van der Waals surface area (Å²) in [7, 11) is 0. The van der Waals surface area contributed by atoms with Crippen LogP contribution < -0.4 is 4.90 Å². The molecule has 1 aliphatic rings. The summed E-state index contributed by atoms with van der Waals surface area (Å²) in [6.45, 7) is 1.89. The van der Waals surface area contributed by atoms with Crippen LogP contribution in [-0.2, 0) is 9.59 Å². The molecule has 1 fully saturated rings. The van der Waals surface area contributed by atoms with Crippen molar-refractivity contribution in [1.82, 2.24) is 0 Å². The van der Waals surface area contributed by atoms with Crippen LogP contribution in [0.15, 0.2) is 71.6 Å². The second-order valence-corrected chi connectivity index (χ2v) is 7.90. The minimum atomic E-state index is -0.709. The Balaban J connectivity index is 1.96. The number of benzene rings is 2. The van der Waals surface area contributed by atoms with Gasteiger partial charge in [-0.2, -0.15) is 0 Å². The number of aliphatic hydroxyl groups excluding tert-OH is 1. The SMILES string of the molecule is Cc1ccccc1N1C(=O)C(=O)/C(=C(\O)c2cccc(Cl)c2)C1c1cccs1. The molecule has 2 heterocycles. The number of aryl methyl sites for hydroxylation is 1. The Kier molecular flexibility index (Phi) is 4.79. The summed E-state index contributed by atoms with van der Waals surface area (Å²) in [6, 6.07) is 17.0. The number of aliphatic hydroxyl groups is 1. The average Bonchev–Trinajstić information content (AvgIpc) is 3.29. The molecule has 0 saturated carbocycles. The number of carbonyl (C=O) groups excluding carboxylic acids is 2. The summed E-state index contributed by atoms with van der Waals surface area (Å²) in [5, 5.41) is 13.3. The molecule has 0 spiro atoms. The number of hydrogen-bond acceptors (Lipinski definition) is 4. The summed E-state index contributed by atoms with van der Waals surface area (Å²) in [5.74, 6) is -1.59. The number of Topliss-reactive ketones (excluding diaryl/α,β-unsaturated/α-hetero) is 1. The van der Waals surface area contributed by atoms with E-state index in [1.807, 2.05) is 42.6 Å². The highest BCUT2D eigenvalue weighted by atomic mass is 35.5. The van der Waals surface area contributed by atoms with Crippen molar-refractivity contribution in [1.29, 1.82) is 0 Å². The van der Waals surface area contributed by atoms with Crippen molar-refractivity contribution < 1.29 is 14.7 Å². The number of para-hydroxylation sites is 1. The number of nitrogens with zero attached hydrogens (tertiary/aromatic N) is 1. The molecule has 3 aromatic rings. The fourth-order valence-electron chi connectivity index (χ4n) is 3.42. The third-order valence-corrected chi connectivity index (χ3v) is 5.89. The van der Waals surface area contributed by atoms with Crippen LogP contribution in [0.25, 0.3) is 5.76 Å². The number of carbonyl (C=O) groups is 2. The van der Waals surface area contributed by atoms with E-state index in [9.17, 15) is 14.7 Å². The van der Waals surface area contributed by atoms with Crippen molar-refractivity contribution in [2.75, 3.05) is 4.90 Å². The fraction of sp³-hybridized carbons (Fsp3) is 0.0909. The Morgan fingerprint density at radius 3 is 2.54 bits per heavy atom. The van der Waals surface area contributed by atoms with Crippen LogP contribution in [0.2, 0.25) is 5.02 Å². The first-order chi connectivity index (χ1) is 13.5. The van der Waals surface area contributed by atoms with Crippen LogP contribution in [0.3, 0.4) is 0 Å². The highest BCUT2D eigenvalue weighted by Gasteiger charge is 2.47. The molecule has 1 aliphatic heterocycles. The van der Waals surface area contributed by atoms with Crippen molar-refractivity contribution >= 4 is 46.1 Å². The molecular weight excluding hydrogens is 394 g/mol. The van der Waals surface area contributed by atoms with Crippen molar-refractivity contribution in [3.63, 3.8) is 0 Å². The molecule has 0 radical (unpaired) electrons. The molecule has 4 rings (SSSR count). The zero-order valence-electron chi connectivity index (χ0n) is 14.9. The summed E-state index contributed by atoms with van der Waals surface area (Å²) < 4.78 is 0. The number of amides is 1. The van der Waals surface area contributed by atoms with Gasteiger partial charge in [-0.1, -0.05) is 48.0 Å². The van der Waals surface area contributed by atoms with E-state index in [0.717, 1.165) is 10.4 Å². The Morgan fingerprint density at radius 2 is 1.86 bits per heavy atom. The molecule has 140 valence electrons. The van der Waals surface area contributed by atoms with E-state index in [0.29, 0.717) is 16.3 Å². The maximum Gasteiger partial charge on any atom is 0.300 e. The lowest BCUT2D eigenvalue weighted by atomic mass is 9.99. The molecule has 2 aromatic carbocycles. The van der Waals surface area contributed by atoms with Crippen molar-refractivity contribution in [3.05, 3.63) is 92.6 Å². The van der Waals surface area contributed by atoms with E-state index in [1.165, 1.54) is 16.2 Å². The second kappa shape index (κ2) is 7.26. The zero-order chi connectivity index (χ0) is 19.8. The van der Waals surface area contributed by atoms with Gasteiger partial charge in [-0.3, -0.25) is 14.5 Å². The molecule has 1 N–H and O–H groups in total. The van der Waals surface area contributed by atoms with Crippen LogP contribution in [0.4, 0.5) is 5.69 Å². The number of hydrogen-bond donors (Lipinski definition) is 1. The quantitative estimate of drug-likeness (QED) is 0.361. The lowest BCUT2D eigenvalue weighted by Gasteiger charge is -2.25. The van der Waals surface area contributed by atoms with E-state index in [4.69, 9.17) is 11.6 Å². The molecule has 1 atom stereocenters. The molecule has 0 bridgehead atoms. The zero-order valence-corrected chi connectivity index (χ0v) is 16.5. The number of rotatable bonds is 3. The van der Waals surface area contributed by atoms with Crippen molar-refractivity contribution in [2.24, 2.45) is 0 Å². The van der Waals surface area contributed by atoms with E-state index < -0.39 is 17.7 Å². The van der Waals surface area contributed by atoms with Gasteiger partial charge in [-0.25, -0.2) is 0 Å². The van der Waals surface area contributed by atoms with E-state index in [2.05, 4.69) is 0 Å². The van der Waals surface area contributed by atoms with Crippen LogP contribution in [0, 0.1) is 6.92 Å². The third-order valence-electron chi connectivity index (χ3n) is 4.73. The number of anilines is 1. The van der Waals surface area contributed by atoms with Crippen LogP contribution in [0.1, 0.15) is 22.0 Å². The second-order valence-electron chi connectivity index (χ2n) is 6.48. The Labute approximate surface area is 171 Å². The van der Waals surface area contributed by atoms with Gasteiger partial charge in [-0.05, 0) is 42.1 Å². The minimum absolute atomic E-state index is 0.0676. The number of halogens is 1. The first-order valence-electron chi connectivity index (χ1n) is 8.65. The van der Waals surface area contributed by atoms with E-state index in [1.54, 1.807) is 30.3 Å². The van der Waals surface area contributed by atoms with Crippen LogP contribution >= 0.6 is 22.9 Å². The van der Waals surface area contributed by atoms with Gasteiger partial charge < -0.3 is 5.11 Å². The lowest BCUT2D eigenvalue weighted by Crippen LogP contribution is -2.29. The average molecular weight is 410 g/mol. The van der Waals surface area contributed by atoms with Gasteiger partial charge >= 0.3 is 0 Å². The predicted molar refractivity (Wildman–Crippen MR) is 112 cm³/mol. The third kappa shape index (κ3) is 3.03. The molecule has 0 aliphatic carbocycles. The van der Waals surface area contributed by atoms with Crippen molar-refractivity contribution in [3.8, 4) is 0 Å². The molecule has 4 nitrogen and oxygen atoms in total. The molecule has 28 heavy (non-hydrogen) atoms. The topological polar surface area (TPSA) is 57.6 Å². The standard InChI is InChI=1S/C22H16ClNO3S/c1-13-6-2-3-9-16(13)24-19(17-10-5-11-28-17)18(21(26)22(24)27)20(25)14-7-4-8-15(23)12-14/h2-12,19,25H,1H3/b20-18-. The normalized spacial score (nSPS) is 18.6. The van der Waals surface area contributed by atoms with Gasteiger partial charge in [0.15, 0.2) is 0 Å². The van der Waals surface area contributed by atoms with Gasteiger partial charge in [-0.15, -0.1) is 11.3 Å². The fourth-order valence-corrected chi connectivity index (χ4v) is 4.44. The van der Waals surface area contributed by atoms with Gasteiger partial charge in [0.2, 0.25) is 0 Å². The maximum atomic E-state index is 13.0. The molecule has 1 saturated heterocycles. The first-order valence-corrected chi connectivity index (χ1v) is 9.91. The number of thiophene rings is 1. The lowest BCUT2D eigenvalue weighted by molar-refractivity contribution is -0.132. The summed E-state index contributed by atoms with van der Waals surface area (Å²) in [6.07, 6.45) is 0. The van der Waals surface area contributed by atoms with E-state index >= 15 is 0 Å². The van der Waals surface area contributed by atoms with Crippen LogP contribution in [0.5, 0.6) is 0 Å². The van der Waals surface area contributed by atoms with E-state index in [-0.39, 0.29) is 11.3 Å². The Hall–Kier alpha value is -2.89.